The molecule has 0 unspecified atom stereocenters. The van der Waals surface area contributed by atoms with Gasteiger partial charge in [-0.25, -0.2) is 4.79 Å². The summed E-state index contributed by atoms with van der Waals surface area (Å²) in [4.78, 5) is 11.1. The number of esters is 1. The third-order valence-electron chi connectivity index (χ3n) is 1.82. The van der Waals surface area contributed by atoms with Crippen LogP contribution >= 0.6 is 0 Å². The Morgan fingerprint density at radius 1 is 1.50 bits per heavy atom. The molecule has 0 spiro atoms. The van der Waals surface area contributed by atoms with Gasteiger partial charge in [0.25, 0.3) is 0 Å². The van der Waals surface area contributed by atoms with Crippen LogP contribution in [0.25, 0.3) is 6.08 Å². The van der Waals surface area contributed by atoms with Crippen LogP contribution in [0.5, 0.6) is 0 Å². The van der Waals surface area contributed by atoms with Gasteiger partial charge in [0, 0.05) is 6.08 Å². The van der Waals surface area contributed by atoms with Crippen molar-refractivity contribution in [2.75, 3.05) is 6.61 Å². The van der Waals surface area contributed by atoms with Crippen LogP contribution in [0.3, 0.4) is 0 Å². The van der Waals surface area contributed by atoms with Crippen LogP contribution in [-0.2, 0) is 9.53 Å². The molecule has 3 heteroatoms. The first-order valence-corrected chi connectivity index (χ1v) is 4.73. The molecule has 0 saturated carbocycles. The maximum atomic E-state index is 11.1. The van der Waals surface area contributed by atoms with E-state index in [9.17, 15) is 4.79 Å². The highest BCUT2D eigenvalue weighted by Crippen LogP contribution is 2.09. The average Bonchev–Trinajstić information content (AvgIpc) is 2.34. The van der Waals surface area contributed by atoms with Crippen molar-refractivity contribution in [2.24, 2.45) is 0 Å². The van der Waals surface area contributed by atoms with Crippen LogP contribution in [0.15, 0.2) is 43.0 Å². The van der Waals surface area contributed by atoms with E-state index in [0.717, 1.165) is 0 Å². The van der Waals surface area contributed by atoms with Gasteiger partial charge < -0.3 is 4.74 Å². The maximum Gasteiger partial charge on any atom is 0.331 e. The van der Waals surface area contributed by atoms with Crippen molar-refractivity contribution in [3.63, 3.8) is 0 Å². The van der Waals surface area contributed by atoms with Gasteiger partial charge in [0.2, 0.25) is 0 Å². The van der Waals surface area contributed by atoms with Crippen molar-refractivity contribution < 1.29 is 9.53 Å². The fraction of sp³-hybridized carbons (Fsp3) is 0.0769. The molecule has 1 aromatic carbocycles. The molecule has 0 aliphatic heterocycles. The monoisotopic (exact) mass is 213 g/mol. The predicted octanol–water partition coefficient (Wildman–Crippen LogP) is 2.30. The molecule has 0 amide bonds. The van der Waals surface area contributed by atoms with E-state index in [1.165, 1.54) is 12.2 Å². The molecule has 0 aromatic heterocycles. The summed E-state index contributed by atoms with van der Waals surface area (Å²) in [7, 11) is 0. The number of carbonyl (C=O) groups is 1. The Bertz CT molecular complexity index is 455. The fourth-order valence-corrected chi connectivity index (χ4v) is 1.09. The Labute approximate surface area is 94.3 Å². The largest absolute Gasteiger partial charge is 0.458 e. The van der Waals surface area contributed by atoms with Crippen molar-refractivity contribution >= 4 is 12.0 Å². The maximum absolute atomic E-state index is 11.1. The molecular weight excluding hydrogens is 202 g/mol. The van der Waals surface area contributed by atoms with Gasteiger partial charge in [-0.1, -0.05) is 30.9 Å². The van der Waals surface area contributed by atoms with E-state index < -0.39 is 5.97 Å². The van der Waals surface area contributed by atoms with Crippen LogP contribution in [0, 0.1) is 11.3 Å². The molecule has 0 atom stereocenters. The normalized spacial score (nSPS) is 9.69. The minimum absolute atomic E-state index is 0.184. The lowest BCUT2D eigenvalue weighted by atomic mass is 10.1. The Morgan fingerprint density at radius 3 is 2.94 bits per heavy atom. The SMILES string of the molecule is C=CCOC(=O)C=Cc1ccccc1C#N. The number of rotatable bonds is 4. The number of ether oxygens (including phenoxy) is 1. The highest BCUT2D eigenvalue weighted by atomic mass is 16.5. The van der Waals surface area contributed by atoms with E-state index in [2.05, 4.69) is 6.58 Å². The molecule has 3 nitrogen and oxygen atoms in total. The smallest absolute Gasteiger partial charge is 0.331 e. The second-order valence-corrected chi connectivity index (χ2v) is 2.95. The quantitative estimate of drug-likeness (QED) is 0.438. The van der Waals surface area contributed by atoms with Gasteiger partial charge in [0.05, 0.1) is 11.6 Å². The van der Waals surface area contributed by atoms with Crippen LogP contribution < -0.4 is 0 Å². The summed E-state index contributed by atoms with van der Waals surface area (Å²) in [5, 5.41) is 8.81. The number of carbonyl (C=O) groups excluding carboxylic acids is 1. The molecule has 16 heavy (non-hydrogen) atoms. The molecule has 0 saturated heterocycles. The van der Waals surface area contributed by atoms with E-state index in [1.54, 1.807) is 30.3 Å². The lowest BCUT2D eigenvalue weighted by molar-refractivity contribution is -0.136. The Morgan fingerprint density at radius 2 is 2.25 bits per heavy atom. The molecule has 0 bridgehead atoms. The molecular formula is C13H11NO2. The summed E-state index contributed by atoms with van der Waals surface area (Å²) < 4.78 is 4.76. The molecule has 0 N–H and O–H groups in total. The lowest BCUT2D eigenvalue weighted by Gasteiger charge is -1.97. The first-order chi connectivity index (χ1) is 7.77. The van der Waals surface area contributed by atoms with Gasteiger partial charge in [-0.15, -0.1) is 0 Å². The van der Waals surface area contributed by atoms with Crippen molar-refractivity contribution in [2.45, 2.75) is 0 Å². The minimum Gasteiger partial charge on any atom is -0.458 e. The van der Waals surface area contributed by atoms with E-state index in [0.29, 0.717) is 11.1 Å². The molecule has 0 aliphatic carbocycles. The predicted molar refractivity (Wildman–Crippen MR) is 61.3 cm³/mol. The summed E-state index contributed by atoms with van der Waals surface area (Å²) >= 11 is 0. The number of hydrogen-bond acceptors (Lipinski definition) is 3. The summed E-state index contributed by atoms with van der Waals surface area (Å²) in [6, 6.07) is 9.06. The van der Waals surface area contributed by atoms with E-state index in [-0.39, 0.29) is 6.61 Å². The van der Waals surface area contributed by atoms with Crippen LogP contribution in [0.2, 0.25) is 0 Å². The van der Waals surface area contributed by atoms with Crippen molar-refractivity contribution in [1.82, 2.24) is 0 Å². The number of nitrogens with zero attached hydrogens (tertiary/aromatic N) is 1. The zero-order valence-corrected chi connectivity index (χ0v) is 8.72. The molecule has 0 aliphatic rings. The third kappa shape index (κ3) is 3.43. The Kier molecular flexibility index (Phi) is 4.55. The van der Waals surface area contributed by atoms with Crippen molar-refractivity contribution in [3.8, 4) is 6.07 Å². The van der Waals surface area contributed by atoms with E-state index >= 15 is 0 Å². The van der Waals surface area contributed by atoms with Crippen LogP contribution in [-0.4, -0.2) is 12.6 Å². The van der Waals surface area contributed by atoms with Gasteiger partial charge in [-0.05, 0) is 17.7 Å². The molecule has 0 radical (unpaired) electrons. The van der Waals surface area contributed by atoms with Gasteiger partial charge in [-0.3, -0.25) is 0 Å². The number of nitriles is 1. The average molecular weight is 213 g/mol. The van der Waals surface area contributed by atoms with Crippen LogP contribution in [0.4, 0.5) is 0 Å². The zero-order chi connectivity index (χ0) is 11.8. The molecule has 0 fully saturated rings. The van der Waals surface area contributed by atoms with Crippen molar-refractivity contribution in [1.29, 1.82) is 5.26 Å². The second-order valence-electron chi connectivity index (χ2n) is 2.95. The summed E-state index contributed by atoms with van der Waals surface area (Å²) in [5.41, 5.74) is 1.22. The first kappa shape index (κ1) is 11.7. The summed E-state index contributed by atoms with van der Waals surface area (Å²) in [6.07, 6.45) is 4.35. The Hall–Kier alpha value is -2.34. The van der Waals surface area contributed by atoms with E-state index in [1.807, 2.05) is 6.07 Å². The van der Waals surface area contributed by atoms with Gasteiger partial charge in [-0.2, -0.15) is 5.26 Å². The second kappa shape index (κ2) is 6.20. The highest BCUT2D eigenvalue weighted by molar-refractivity contribution is 5.87. The zero-order valence-electron chi connectivity index (χ0n) is 8.72. The highest BCUT2D eigenvalue weighted by Gasteiger charge is 1.98. The number of hydrogen-bond donors (Lipinski definition) is 0. The topological polar surface area (TPSA) is 50.1 Å². The third-order valence-corrected chi connectivity index (χ3v) is 1.82. The number of benzene rings is 1. The molecule has 1 rings (SSSR count). The fourth-order valence-electron chi connectivity index (χ4n) is 1.09. The van der Waals surface area contributed by atoms with Gasteiger partial charge in [0.15, 0.2) is 0 Å². The van der Waals surface area contributed by atoms with Gasteiger partial charge in [0.1, 0.15) is 6.61 Å². The van der Waals surface area contributed by atoms with Crippen LogP contribution in [0.1, 0.15) is 11.1 Å². The first-order valence-electron chi connectivity index (χ1n) is 4.73. The molecule has 0 heterocycles. The molecule has 80 valence electrons. The summed E-state index contributed by atoms with van der Waals surface area (Å²) in [6.45, 7) is 3.62. The Balaban J connectivity index is 2.73. The van der Waals surface area contributed by atoms with Crippen molar-refractivity contribution in [3.05, 3.63) is 54.1 Å². The van der Waals surface area contributed by atoms with Gasteiger partial charge >= 0.3 is 5.97 Å². The lowest BCUT2D eigenvalue weighted by Crippen LogP contribution is -1.99. The summed E-state index contributed by atoms with van der Waals surface area (Å²) in [5.74, 6) is -0.451. The minimum atomic E-state index is -0.451. The van der Waals surface area contributed by atoms with E-state index in [4.69, 9.17) is 10.00 Å². The standard InChI is InChI=1S/C13H11NO2/c1-2-9-16-13(15)8-7-11-5-3-4-6-12(11)10-14/h2-8H,1,9H2. The molecule has 1 aromatic rings.